The van der Waals surface area contributed by atoms with Gasteiger partial charge in [-0.05, 0) is 46.5 Å². The van der Waals surface area contributed by atoms with Crippen LogP contribution in [-0.2, 0) is 0 Å². The van der Waals surface area contributed by atoms with E-state index >= 15 is 0 Å². The molecule has 0 aliphatic rings. The van der Waals surface area contributed by atoms with Crippen molar-refractivity contribution in [2.75, 3.05) is 0 Å². The quantitative estimate of drug-likeness (QED) is 0.383. The van der Waals surface area contributed by atoms with Crippen LogP contribution >= 0.6 is 0 Å². The molecule has 4 rings (SSSR count). The zero-order valence-electron chi connectivity index (χ0n) is 14.5. The highest BCUT2D eigenvalue weighted by Crippen LogP contribution is 2.25. The number of hydrogen-bond donors (Lipinski definition) is 0. The van der Waals surface area contributed by atoms with Gasteiger partial charge in [-0.2, -0.15) is 0 Å². The van der Waals surface area contributed by atoms with Gasteiger partial charge in [0.25, 0.3) is 0 Å². The summed E-state index contributed by atoms with van der Waals surface area (Å²) in [5.74, 6) is 0. The van der Waals surface area contributed by atoms with E-state index in [4.69, 9.17) is 0 Å². The van der Waals surface area contributed by atoms with Crippen LogP contribution in [0.4, 0.5) is 0 Å². The third kappa shape index (κ3) is 3.05. The molecule has 2 heteroatoms. The summed E-state index contributed by atoms with van der Waals surface area (Å²) in [6, 6.07) is 29.2. The van der Waals surface area contributed by atoms with Crippen LogP contribution in [0.2, 0.25) is 0 Å². The van der Waals surface area contributed by atoms with Crippen LogP contribution in [0.3, 0.4) is 0 Å². The minimum Gasteiger partial charge on any atom is -0.339 e. The van der Waals surface area contributed by atoms with E-state index in [-0.39, 0.29) is 0 Å². The van der Waals surface area contributed by atoms with Gasteiger partial charge in [0.15, 0.2) is 0 Å². The summed E-state index contributed by atoms with van der Waals surface area (Å²) in [5, 5.41) is 0. The first-order valence-corrected chi connectivity index (χ1v) is 8.57. The van der Waals surface area contributed by atoms with Crippen molar-refractivity contribution in [2.45, 2.75) is 0 Å². The fourth-order valence-corrected chi connectivity index (χ4v) is 3.12. The molecule has 0 amide bonds. The second-order valence-corrected chi connectivity index (χ2v) is 6.27. The standard InChI is InChI=1S/C24H20N2/c1-25-15-13-21(19-9-5-3-6-10-19)17-23(25)24-18-22(14-16-26(24)2)20-11-7-4-8-12-20/h3-18H,1-2H2. The van der Waals surface area contributed by atoms with Gasteiger partial charge in [-0.1, -0.05) is 60.7 Å². The van der Waals surface area contributed by atoms with E-state index in [0.29, 0.717) is 0 Å². The highest BCUT2D eigenvalue weighted by atomic mass is 15.0. The number of pyridine rings is 2. The predicted molar refractivity (Wildman–Crippen MR) is 105 cm³/mol. The topological polar surface area (TPSA) is 7.76 Å². The third-order valence-electron chi connectivity index (χ3n) is 4.55. The molecule has 0 saturated heterocycles. The molecule has 2 aromatic carbocycles. The summed E-state index contributed by atoms with van der Waals surface area (Å²) in [7, 11) is 8.30. The Bertz CT molecular complexity index is 951. The lowest BCUT2D eigenvalue weighted by molar-refractivity contribution is -0.632. The van der Waals surface area contributed by atoms with Gasteiger partial charge < -0.3 is 9.13 Å². The summed E-state index contributed by atoms with van der Waals surface area (Å²) in [6.07, 6.45) is 3.99. The molecule has 2 heterocycles. The summed E-state index contributed by atoms with van der Waals surface area (Å²) in [5.41, 5.74) is 6.71. The van der Waals surface area contributed by atoms with E-state index in [1.165, 1.54) is 11.1 Å². The molecule has 0 unspecified atom stereocenters. The Morgan fingerprint density at radius 2 is 0.846 bits per heavy atom. The van der Waals surface area contributed by atoms with Gasteiger partial charge >= 0.3 is 0 Å². The largest absolute Gasteiger partial charge is 0.339 e. The maximum Gasteiger partial charge on any atom is 0.120 e. The highest BCUT2D eigenvalue weighted by molar-refractivity contribution is 5.70. The molecule has 0 radical (unpaired) electrons. The van der Waals surface area contributed by atoms with Crippen molar-refractivity contribution >= 4 is 0 Å². The minimum atomic E-state index is 1.01. The number of hydrogen-bond acceptors (Lipinski definition) is 0. The van der Waals surface area contributed by atoms with E-state index in [0.717, 1.165) is 22.5 Å². The van der Waals surface area contributed by atoms with Crippen LogP contribution in [0, 0.1) is 14.1 Å². The molecule has 4 aromatic rings. The fraction of sp³-hybridized carbons (Fsp3) is 0. The van der Waals surface area contributed by atoms with E-state index in [1.54, 1.807) is 0 Å². The molecule has 126 valence electrons. The van der Waals surface area contributed by atoms with Crippen molar-refractivity contribution in [3.8, 4) is 33.6 Å². The zero-order chi connectivity index (χ0) is 17.9. The lowest BCUT2D eigenvalue weighted by atomic mass is 10.0. The average Bonchev–Trinajstić information content (AvgIpc) is 2.70. The lowest BCUT2D eigenvalue weighted by Gasteiger charge is -2.15. The summed E-state index contributed by atoms with van der Waals surface area (Å²) in [6.45, 7) is 0. The average molecular weight is 336 g/mol. The van der Waals surface area contributed by atoms with Gasteiger partial charge in [-0.25, -0.2) is 0 Å². The third-order valence-corrected chi connectivity index (χ3v) is 4.55. The van der Waals surface area contributed by atoms with Crippen molar-refractivity contribution in [3.63, 3.8) is 0 Å². The SMILES string of the molecule is [CH2-][n+]1ccc(-c2ccccc2)cc1-c1cc(-c2ccccc2)cc[n+]1[CH2-]. The van der Waals surface area contributed by atoms with Crippen molar-refractivity contribution in [1.82, 2.24) is 0 Å². The van der Waals surface area contributed by atoms with Crippen molar-refractivity contribution in [3.05, 3.63) is 111 Å². The Kier molecular flexibility index (Phi) is 4.16. The van der Waals surface area contributed by atoms with Crippen LogP contribution in [0.15, 0.2) is 97.3 Å². The molecule has 0 aliphatic carbocycles. The minimum absolute atomic E-state index is 1.01. The second kappa shape index (κ2) is 6.77. The van der Waals surface area contributed by atoms with Crippen LogP contribution in [0.5, 0.6) is 0 Å². The number of nitrogens with zero attached hydrogens (tertiary/aromatic N) is 2. The molecule has 0 bridgehead atoms. The number of benzene rings is 2. The maximum absolute atomic E-state index is 4.15. The first-order chi connectivity index (χ1) is 12.7. The van der Waals surface area contributed by atoms with Crippen LogP contribution in [0.1, 0.15) is 0 Å². The predicted octanol–water partition coefficient (Wildman–Crippen LogP) is 4.54. The van der Waals surface area contributed by atoms with Gasteiger partial charge in [-0.15, -0.1) is 0 Å². The molecule has 0 N–H and O–H groups in total. The van der Waals surface area contributed by atoms with Crippen molar-refractivity contribution in [2.24, 2.45) is 0 Å². The van der Waals surface area contributed by atoms with E-state index in [2.05, 4.69) is 86.9 Å². The van der Waals surface area contributed by atoms with Gasteiger partial charge in [-0.3, -0.25) is 0 Å². The Balaban J connectivity index is 1.85. The molecule has 2 aromatic heterocycles. The summed E-state index contributed by atoms with van der Waals surface area (Å²) in [4.78, 5) is 0. The first-order valence-electron chi connectivity index (χ1n) is 8.57. The molecule has 0 fully saturated rings. The Morgan fingerprint density at radius 1 is 0.462 bits per heavy atom. The second-order valence-electron chi connectivity index (χ2n) is 6.27. The molecular weight excluding hydrogens is 316 g/mol. The van der Waals surface area contributed by atoms with Crippen LogP contribution < -0.4 is 9.13 Å². The fourth-order valence-electron chi connectivity index (χ4n) is 3.12. The van der Waals surface area contributed by atoms with Crippen molar-refractivity contribution in [1.29, 1.82) is 0 Å². The van der Waals surface area contributed by atoms with Gasteiger partial charge in [0.05, 0.1) is 12.4 Å². The molecule has 0 saturated carbocycles. The molecule has 26 heavy (non-hydrogen) atoms. The Hall–Kier alpha value is -3.52. The Labute approximate surface area is 154 Å². The maximum atomic E-state index is 4.15. The zero-order valence-corrected chi connectivity index (χ0v) is 14.5. The van der Waals surface area contributed by atoms with Gasteiger partial charge in [0.1, 0.15) is 11.4 Å². The number of rotatable bonds is 3. The molecule has 0 aliphatic heterocycles. The van der Waals surface area contributed by atoms with Crippen LogP contribution in [0.25, 0.3) is 33.6 Å². The molecule has 0 atom stereocenters. The van der Waals surface area contributed by atoms with E-state index in [1.807, 2.05) is 33.7 Å². The summed E-state index contributed by atoms with van der Waals surface area (Å²) >= 11 is 0. The van der Waals surface area contributed by atoms with Crippen molar-refractivity contribution < 1.29 is 9.13 Å². The highest BCUT2D eigenvalue weighted by Gasteiger charge is 2.10. The Morgan fingerprint density at radius 3 is 1.23 bits per heavy atom. The van der Waals surface area contributed by atoms with E-state index in [9.17, 15) is 0 Å². The van der Waals surface area contributed by atoms with E-state index < -0.39 is 0 Å². The number of aromatic nitrogens is 2. The van der Waals surface area contributed by atoms with Gasteiger partial charge in [0.2, 0.25) is 0 Å². The molecule has 0 spiro atoms. The van der Waals surface area contributed by atoms with Crippen LogP contribution in [-0.4, -0.2) is 0 Å². The van der Waals surface area contributed by atoms with Gasteiger partial charge in [0, 0.05) is 14.1 Å². The monoisotopic (exact) mass is 336 g/mol. The lowest BCUT2D eigenvalue weighted by Crippen LogP contribution is -2.36. The molecular formula is C24H20N2. The smallest absolute Gasteiger partial charge is 0.120 e. The summed E-state index contributed by atoms with van der Waals surface area (Å²) < 4.78 is 3.77. The first kappa shape index (κ1) is 16.0. The molecule has 2 nitrogen and oxygen atoms in total. The normalized spacial score (nSPS) is 10.6.